The summed E-state index contributed by atoms with van der Waals surface area (Å²) in [6.45, 7) is 0. The van der Waals surface area contributed by atoms with E-state index in [0.29, 0.717) is 0 Å². The molecule has 0 nitrogen and oxygen atoms in total. The van der Waals surface area contributed by atoms with Gasteiger partial charge in [0.05, 0.1) is 0 Å². The van der Waals surface area contributed by atoms with E-state index in [9.17, 15) is 0 Å². The van der Waals surface area contributed by atoms with Gasteiger partial charge >= 0.3 is 2360 Å². The summed E-state index contributed by atoms with van der Waals surface area (Å²) in [5.41, 5.74) is 0. The van der Waals surface area contributed by atoms with Crippen molar-refractivity contribution in [3.8, 4) is 0 Å². The van der Waals surface area contributed by atoms with Gasteiger partial charge < -0.3 is 0 Å². The van der Waals surface area contributed by atoms with Crippen LogP contribution in [0.2, 0.25) is 0 Å². The Hall–Kier alpha value is 75.3. The zero-order valence-corrected chi connectivity index (χ0v) is 190. The molecule has 0 N–H and O–H groups in total. The van der Waals surface area contributed by atoms with Crippen LogP contribution in [0.1, 0.15) is 0 Å². The van der Waals surface area contributed by atoms with Gasteiger partial charge in [-0.2, -0.15) is 0 Å². The summed E-state index contributed by atoms with van der Waals surface area (Å²) in [6, 6.07) is 0. The molecule has 0 aromatic carbocycles. The molecule has 0 heterocycles. The Labute approximate surface area is 2250 Å². The first kappa shape index (κ1) is 310. The van der Waals surface area contributed by atoms with Gasteiger partial charge in [0.1, 0.15) is 0 Å². The van der Waals surface area contributed by atoms with Crippen LogP contribution in [0.4, 0.5) is 0 Å². The molecule has 0 saturated heterocycles. The Balaban J connectivity index is 0. The van der Waals surface area contributed by atoms with Gasteiger partial charge in [0, 0.05) is 0 Å². The molecule has 0 atom stereocenters. The number of hydrogen-bond acceptors (Lipinski definition) is 0. The molecule has 0 amide bonds. The minimum atomic E-state index is 0. The van der Waals surface area contributed by atoms with E-state index in [1.807, 2.05) is 0 Å². The first-order valence-electron chi connectivity index (χ1n) is 0. The SMILES string of the molecule is [K+].[K+].[K+].[K+].[K+].[K+].[K+].[K+].[K+].[K+].[K+].[K+].[K+].[K+].[K+].[K+].[K+].[K+].[K+].[K+].[K+].[K+].[K+].[K+].[K+].[K+].[K+].[K+].[K+].[K+].[K+].[K+].[K+].[K+].[K+].[K+].[K+].[K+].[K+].[K+].[K+].[K+].[K+].[K+].[K+].[K+]. The molecular weight excluding hydrogens is 1800 g/mol. The molecule has 46 heteroatoms. The maximum Gasteiger partial charge on any atom is 1.00 e. The van der Waals surface area contributed by atoms with Crippen molar-refractivity contribution in [2.24, 2.45) is 0 Å². The molecule has 0 rings (SSSR count). The molecule has 0 aliphatic rings. The second-order valence-electron chi connectivity index (χ2n) is 0. The number of rotatable bonds is 0. The summed E-state index contributed by atoms with van der Waals surface area (Å²) < 4.78 is 0. The Kier molecular flexibility index (Phi) is 2030. The second-order valence-corrected chi connectivity index (χ2v) is 0. The summed E-state index contributed by atoms with van der Waals surface area (Å²) in [5, 5.41) is 0. The number of hydrogen-bond donors (Lipinski definition) is 0. The van der Waals surface area contributed by atoms with Gasteiger partial charge in [-0.1, -0.05) is 0 Å². The van der Waals surface area contributed by atoms with E-state index in [-0.39, 0.29) is 2360 Å². The predicted octanol–water partition coefficient (Wildman–Crippen LogP) is -138. The van der Waals surface area contributed by atoms with E-state index < -0.39 is 0 Å². The van der Waals surface area contributed by atoms with E-state index in [0.717, 1.165) is 0 Å². The van der Waals surface area contributed by atoms with Crippen molar-refractivity contribution in [2.45, 2.75) is 0 Å². The van der Waals surface area contributed by atoms with E-state index in [1.54, 1.807) is 0 Å². The fourth-order valence-electron chi connectivity index (χ4n) is 0. The molecule has 0 unspecified atom stereocenters. The minimum Gasteiger partial charge on any atom is 1.00 e. The zero-order chi connectivity index (χ0) is 0. The molecule has 0 aromatic heterocycles. The Morgan fingerprint density at radius 1 is 0.0217 bits per heavy atom. The van der Waals surface area contributed by atoms with Crippen molar-refractivity contribution < 1.29 is 2360 Å². The van der Waals surface area contributed by atoms with Crippen LogP contribution in [-0.4, -0.2) is 0 Å². The molecule has 0 fully saturated rings. The molecule has 0 radical (unpaired) electrons. The molecule has 0 aliphatic heterocycles. The van der Waals surface area contributed by atoms with Crippen molar-refractivity contribution in [1.82, 2.24) is 0 Å². The van der Waals surface area contributed by atoms with Crippen molar-refractivity contribution in [2.75, 3.05) is 0 Å². The first-order valence-corrected chi connectivity index (χ1v) is 0. The summed E-state index contributed by atoms with van der Waals surface area (Å²) in [5.74, 6) is 0. The van der Waals surface area contributed by atoms with Crippen LogP contribution in [0.25, 0.3) is 0 Å². The van der Waals surface area contributed by atoms with Gasteiger partial charge in [-0.15, -0.1) is 0 Å². The maximum atomic E-state index is 0. The zero-order valence-electron chi connectivity index (χ0n) is 46.0. The Bertz CT molecular complexity index is 0. The molecule has 0 bridgehead atoms. The fourth-order valence-corrected chi connectivity index (χ4v) is 0. The third-order valence-corrected chi connectivity index (χ3v) is 0. The van der Waals surface area contributed by atoms with E-state index in [1.165, 1.54) is 0 Å². The Morgan fingerprint density at radius 2 is 0.0217 bits per heavy atom. The van der Waals surface area contributed by atoms with E-state index in [2.05, 4.69) is 0 Å². The summed E-state index contributed by atoms with van der Waals surface area (Å²) in [6.07, 6.45) is 0. The van der Waals surface area contributed by atoms with E-state index in [4.69, 9.17) is 0 Å². The quantitative estimate of drug-likeness (QED) is 0.212. The van der Waals surface area contributed by atoms with Crippen molar-refractivity contribution in [3.05, 3.63) is 0 Å². The second kappa shape index (κ2) is 302. The van der Waals surface area contributed by atoms with Crippen LogP contribution in [0.3, 0.4) is 0 Å². The fraction of sp³-hybridized carbons (Fsp3) is 0. The van der Waals surface area contributed by atoms with Crippen LogP contribution in [0, 0.1) is 0 Å². The van der Waals surface area contributed by atoms with Gasteiger partial charge in [0.15, 0.2) is 0 Å². The van der Waals surface area contributed by atoms with Gasteiger partial charge in [-0.3, -0.25) is 0 Å². The molecule has 46 heavy (non-hydrogen) atoms. The smallest absolute Gasteiger partial charge is 1.00 e. The largest absolute Gasteiger partial charge is 1.00 e. The Morgan fingerprint density at radius 3 is 0.0217 bits per heavy atom. The van der Waals surface area contributed by atoms with Crippen LogP contribution in [-0.2, 0) is 0 Å². The minimum absolute atomic E-state index is 0. The summed E-state index contributed by atoms with van der Waals surface area (Å²) in [7, 11) is 0. The summed E-state index contributed by atoms with van der Waals surface area (Å²) in [4.78, 5) is 0. The van der Waals surface area contributed by atoms with Crippen LogP contribution < -0.4 is 2360 Å². The predicted molar refractivity (Wildman–Crippen MR) is 0 cm³/mol. The molecule has 0 saturated carbocycles. The van der Waals surface area contributed by atoms with Crippen molar-refractivity contribution in [1.29, 1.82) is 0 Å². The summed E-state index contributed by atoms with van der Waals surface area (Å²) >= 11 is 0. The third kappa shape index (κ3) is 294. The normalized spacial score (nSPS) is 0. The maximum absolute atomic E-state index is 0. The van der Waals surface area contributed by atoms with Crippen LogP contribution >= 0.6 is 0 Å². The van der Waals surface area contributed by atoms with E-state index >= 15 is 0 Å². The monoisotopic (exact) mass is 1790 g/mol. The topological polar surface area (TPSA) is 0 Å². The van der Waals surface area contributed by atoms with Gasteiger partial charge in [-0.05, 0) is 0 Å². The molecule has 0 spiro atoms. The van der Waals surface area contributed by atoms with Gasteiger partial charge in [0.25, 0.3) is 0 Å². The van der Waals surface area contributed by atoms with Crippen LogP contribution in [0.15, 0.2) is 0 Å². The molecule has 0 aliphatic carbocycles. The van der Waals surface area contributed by atoms with Crippen LogP contribution in [0.5, 0.6) is 0 Å². The van der Waals surface area contributed by atoms with Crippen molar-refractivity contribution >= 4 is 0 Å². The molecular formula is K46+46. The van der Waals surface area contributed by atoms with Gasteiger partial charge in [-0.25, -0.2) is 0 Å². The third-order valence-electron chi connectivity index (χ3n) is 0. The average molecular weight is 1800 g/mol. The van der Waals surface area contributed by atoms with Gasteiger partial charge in [0.2, 0.25) is 0 Å². The average Bonchev–Trinajstić information content (AvgIpc) is 0. The molecule has 0 aromatic rings. The first-order chi connectivity index (χ1) is 0. The van der Waals surface area contributed by atoms with Crippen molar-refractivity contribution in [3.63, 3.8) is 0 Å². The molecule has 0 valence electrons. The standard InChI is InChI=1S/46K/q46*+1.